The van der Waals surface area contributed by atoms with Crippen LogP contribution in [0.5, 0.6) is 17.2 Å². The van der Waals surface area contributed by atoms with Crippen molar-refractivity contribution >= 4 is 35.0 Å². The van der Waals surface area contributed by atoms with Crippen LogP contribution in [0.3, 0.4) is 0 Å². The summed E-state index contributed by atoms with van der Waals surface area (Å²) in [4.78, 5) is 56.0. The predicted molar refractivity (Wildman–Crippen MR) is 170 cm³/mol. The molecule has 5 N–H and O–H groups in total. The molecule has 13 heteroatoms. The first-order valence-electron chi connectivity index (χ1n) is 15.7. The molecule has 0 saturated carbocycles. The maximum Gasteiger partial charge on any atom is 0.238 e. The van der Waals surface area contributed by atoms with Crippen molar-refractivity contribution in [3.05, 3.63) is 51.6 Å². The summed E-state index contributed by atoms with van der Waals surface area (Å²) in [6.45, 7) is 8.89. The Morgan fingerprint density at radius 2 is 1.79 bits per heavy atom. The quantitative estimate of drug-likeness (QED) is 0.165. The lowest BCUT2D eigenvalue weighted by Gasteiger charge is -2.43. The lowest BCUT2D eigenvalue weighted by atomic mass is 9.72. The van der Waals surface area contributed by atoms with Gasteiger partial charge in [-0.1, -0.05) is 32.9 Å². The molecule has 0 radical (unpaired) electrons. The van der Waals surface area contributed by atoms with Gasteiger partial charge < -0.3 is 34.8 Å². The van der Waals surface area contributed by atoms with E-state index in [2.05, 4.69) is 10.2 Å². The Bertz CT molecular complexity index is 1630. The minimum absolute atomic E-state index is 0.0197. The number of phenolic OH excluding ortho intramolecular Hbond substituents is 2. The van der Waals surface area contributed by atoms with E-state index in [4.69, 9.17) is 26.0 Å². The first-order chi connectivity index (χ1) is 22.1. The highest BCUT2D eigenvalue weighted by Gasteiger charge is 2.49. The Balaban J connectivity index is 1.54. The fraction of sp³-hybridized carbons (Fsp3) is 0.529. The van der Waals surface area contributed by atoms with Crippen molar-refractivity contribution in [1.29, 1.82) is 0 Å². The molecule has 47 heavy (non-hydrogen) atoms. The number of carbonyl (C=O) groups is 4. The van der Waals surface area contributed by atoms with Gasteiger partial charge in [-0.25, -0.2) is 4.84 Å². The van der Waals surface area contributed by atoms with E-state index >= 15 is 0 Å². The monoisotopic (exact) mass is 672 g/mol. The van der Waals surface area contributed by atoms with E-state index in [-0.39, 0.29) is 58.6 Å². The van der Waals surface area contributed by atoms with Gasteiger partial charge in [0.1, 0.15) is 28.9 Å². The second kappa shape index (κ2) is 13.2. The van der Waals surface area contributed by atoms with Crippen LogP contribution in [0.2, 0.25) is 0 Å². The first-order valence-corrected chi connectivity index (χ1v) is 16.1. The van der Waals surface area contributed by atoms with Gasteiger partial charge in [-0.15, -0.1) is 0 Å². The van der Waals surface area contributed by atoms with Crippen LogP contribution in [-0.2, 0) is 25.5 Å². The van der Waals surface area contributed by atoms with Crippen LogP contribution in [0.25, 0.3) is 0 Å². The van der Waals surface area contributed by atoms with Gasteiger partial charge >= 0.3 is 0 Å². The molecule has 1 aliphatic heterocycles. The van der Waals surface area contributed by atoms with Gasteiger partial charge in [0.2, 0.25) is 11.7 Å². The lowest BCUT2D eigenvalue weighted by Crippen LogP contribution is -2.54. The van der Waals surface area contributed by atoms with Crippen LogP contribution in [0.15, 0.2) is 18.2 Å². The molecule has 1 amide bonds. The highest BCUT2D eigenvalue weighted by atomic mass is 35.5. The topological polar surface area (TPSA) is 181 Å². The Kier molecular flexibility index (Phi) is 9.74. The summed E-state index contributed by atoms with van der Waals surface area (Å²) in [5.74, 6) is -3.42. The molecule has 5 rings (SSSR count). The van der Waals surface area contributed by atoms with E-state index in [0.29, 0.717) is 6.42 Å². The number of nitrogens with one attached hydrogen (secondary N) is 2. The summed E-state index contributed by atoms with van der Waals surface area (Å²) < 4.78 is 17.8. The number of amides is 1. The van der Waals surface area contributed by atoms with Crippen molar-refractivity contribution in [2.75, 3.05) is 7.11 Å². The molecule has 3 unspecified atom stereocenters. The number of phenols is 2. The zero-order valence-corrected chi connectivity index (χ0v) is 27.9. The first kappa shape index (κ1) is 34.8. The lowest BCUT2D eigenvalue weighted by molar-refractivity contribution is -0.238. The van der Waals surface area contributed by atoms with Crippen molar-refractivity contribution in [1.82, 2.24) is 10.2 Å². The maximum absolute atomic E-state index is 13.9. The highest BCUT2D eigenvalue weighted by Crippen LogP contribution is 2.52. The molecule has 0 spiro atoms. The fourth-order valence-electron chi connectivity index (χ4n) is 6.89. The third kappa shape index (κ3) is 6.13. The van der Waals surface area contributed by atoms with Gasteiger partial charge in [-0.05, 0) is 44.0 Å². The van der Waals surface area contributed by atoms with E-state index in [1.54, 1.807) is 0 Å². The molecule has 1 saturated heterocycles. The zero-order chi connectivity index (χ0) is 34.5. The van der Waals surface area contributed by atoms with Crippen LogP contribution in [0.1, 0.15) is 103 Å². The van der Waals surface area contributed by atoms with Gasteiger partial charge in [-0.2, -0.15) is 0 Å². The van der Waals surface area contributed by atoms with Crippen LogP contribution in [0, 0.1) is 11.8 Å². The van der Waals surface area contributed by atoms with E-state index in [9.17, 15) is 34.5 Å². The van der Waals surface area contributed by atoms with E-state index in [0.717, 1.165) is 0 Å². The van der Waals surface area contributed by atoms with Gasteiger partial charge in [-0.3, -0.25) is 19.2 Å². The van der Waals surface area contributed by atoms with Crippen molar-refractivity contribution < 1.29 is 48.7 Å². The second-order valence-electron chi connectivity index (χ2n) is 13.2. The largest absolute Gasteiger partial charge is 0.507 e. The fourth-order valence-corrected chi connectivity index (χ4v) is 7.08. The molecule has 2 aromatic rings. The highest BCUT2D eigenvalue weighted by molar-refractivity contribution is 6.31. The normalized spacial score (nSPS) is 27.5. The van der Waals surface area contributed by atoms with Crippen LogP contribution in [0.4, 0.5) is 0 Å². The Hall–Kier alpha value is -3.55. The Labute approximate surface area is 277 Å². The summed E-state index contributed by atoms with van der Waals surface area (Å²) in [6, 6.07) is 3.40. The molecular formula is C34H41ClN2O10. The number of aliphatic hydroxyl groups is 1. The number of rotatable bonds is 9. The van der Waals surface area contributed by atoms with Crippen LogP contribution < -0.4 is 14.9 Å². The SMILES string of the molecule is COc1cccc2c1C(=O)c1c(O)c3c(c(O)c1C2=O)C[C@@](O)(C(C)=O)CC3OC1C[C@H](NC(=O)C(CC(C)C)NCl)[C@H](C)[C@H](C)O1. The van der Waals surface area contributed by atoms with Gasteiger partial charge in [0.15, 0.2) is 17.9 Å². The average Bonchev–Trinajstić information content (AvgIpc) is 3.01. The number of ketones is 3. The molecule has 7 atom stereocenters. The number of benzene rings is 2. The number of hydrogen-bond donors (Lipinski definition) is 5. The van der Waals surface area contributed by atoms with Crippen molar-refractivity contribution in [2.24, 2.45) is 11.8 Å². The molecule has 0 bridgehead atoms. The van der Waals surface area contributed by atoms with Crippen LogP contribution >= 0.6 is 11.8 Å². The second-order valence-corrected chi connectivity index (χ2v) is 13.5. The maximum atomic E-state index is 13.9. The number of Topliss-reactive ketones (excluding diaryl/α,β-unsaturated/α-hetero) is 1. The number of hydrogen-bond acceptors (Lipinski definition) is 11. The minimum Gasteiger partial charge on any atom is -0.507 e. The van der Waals surface area contributed by atoms with E-state index in [1.165, 1.54) is 32.2 Å². The van der Waals surface area contributed by atoms with Gasteiger partial charge in [0, 0.05) is 47.9 Å². The molecule has 1 fully saturated rings. The smallest absolute Gasteiger partial charge is 0.238 e. The van der Waals surface area contributed by atoms with Crippen molar-refractivity contribution in [3.63, 3.8) is 0 Å². The summed E-state index contributed by atoms with van der Waals surface area (Å²) in [5.41, 5.74) is -3.09. The molecule has 0 aromatic heterocycles. The number of halogens is 1. The molecule has 1 heterocycles. The number of carbonyl (C=O) groups excluding carboxylic acids is 4. The van der Waals surface area contributed by atoms with Crippen LogP contribution in [-0.4, -0.2) is 75.8 Å². The Morgan fingerprint density at radius 3 is 2.40 bits per heavy atom. The average molecular weight is 673 g/mol. The number of methoxy groups -OCH3 is 1. The standard InChI is InChI=1S/C34H41ClN2O10/c1-14(2)10-21(37-35)33(43)36-20-11-24(46-16(4)15(20)3)47-23-13-34(44,17(5)38)12-19-26(23)32(42)28-27(30(19)40)29(39)18-8-7-9-22(45-6)25(18)31(28)41/h7-9,14-16,20-21,23-24,37,40,42,44H,10-13H2,1-6H3,(H,36,43)/t15-,16+,20+,21?,23?,24?,34+/m1/s1. The zero-order valence-electron chi connectivity index (χ0n) is 27.2. The van der Waals surface area contributed by atoms with Gasteiger partial charge in [0.25, 0.3) is 0 Å². The molecule has 2 aromatic carbocycles. The summed E-state index contributed by atoms with van der Waals surface area (Å²) in [7, 11) is 1.35. The molecule has 2 aliphatic carbocycles. The number of ether oxygens (including phenoxy) is 3. The third-order valence-electron chi connectivity index (χ3n) is 9.72. The minimum atomic E-state index is -2.03. The number of fused-ring (bicyclic) bond motifs is 3. The van der Waals surface area contributed by atoms with E-state index in [1.807, 2.05) is 27.7 Å². The molecule has 3 aliphatic rings. The summed E-state index contributed by atoms with van der Waals surface area (Å²) >= 11 is 5.88. The van der Waals surface area contributed by atoms with Gasteiger partial charge in [0.05, 0.1) is 36.0 Å². The molecular weight excluding hydrogens is 632 g/mol. The number of aromatic hydroxyl groups is 2. The summed E-state index contributed by atoms with van der Waals surface area (Å²) in [5, 5.41) is 37.8. The van der Waals surface area contributed by atoms with E-state index < -0.39 is 82.6 Å². The third-order valence-corrected chi connectivity index (χ3v) is 9.98. The molecule has 12 nitrogen and oxygen atoms in total. The van der Waals surface area contributed by atoms with Crippen molar-refractivity contribution in [3.8, 4) is 17.2 Å². The summed E-state index contributed by atoms with van der Waals surface area (Å²) in [6.07, 6.45) is -2.76. The predicted octanol–water partition coefficient (Wildman–Crippen LogP) is 3.62. The molecule has 254 valence electrons. The van der Waals surface area contributed by atoms with Crippen molar-refractivity contribution in [2.45, 2.75) is 96.5 Å². The Morgan fingerprint density at radius 1 is 1.11 bits per heavy atom.